The van der Waals surface area contributed by atoms with E-state index >= 15 is 0 Å². The predicted octanol–water partition coefficient (Wildman–Crippen LogP) is 8.90. The molecule has 4 nitrogen and oxygen atoms in total. The lowest BCUT2D eigenvalue weighted by atomic mass is 9.47. The van der Waals surface area contributed by atoms with Crippen molar-refractivity contribution in [2.24, 2.45) is 46.3 Å². The average molecular weight is 516 g/mol. The maximum absolute atomic E-state index is 12.4. The van der Waals surface area contributed by atoms with Crippen LogP contribution >= 0.6 is 0 Å². The number of carbonyl (C=O) groups excluding carboxylic acids is 1. The summed E-state index contributed by atoms with van der Waals surface area (Å²) in [6, 6.07) is 0. The van der Waals surface area contributed by atoms with Crippen LogP contribution in [0.1, 0.15) is 126 Å². The first-order chi connectivity index (χ1) is 17.3. The zero-order valence-corrected chi connectivity index (χ0v) is 25.3. The van der Waals surface area contributed by atoms with Crippen molar-refractivity contribution in [3.63, 3.8) is 0 Å². The van der Waals surface area contributed by atoms with Crippen LogP contribution in [0.15, 0.2) is 11.6 Å². The summed E-state index contributed by atoms with van der Waals surface area (Å²) in [6.07, 6.45) is 16.4. The Bertz CT molecular complexity index is 828. The van der Waals surface area contributed by atoms with Crippen LogP contribution in [0.4, 0.5) is 4.79 Å². The number of ether oxygens (including phenoxy) is 2. The molecular formula is C33H57NO3. The minimum absolute atomic E-state index is 0.0121. The highest BCUT2D eigenvalue weighted by molar-refractivity contribution is 5.67. The molecule has 0 aliphatic heterocycles. The fourth-order valence-electron chi connectivity index (χ4n) is 9.26. The number of rotatable bonds is 8. The standard InChI is InChI=1S/C33H57NO3/c1-22(2)10-9-11-23(3)27-14-15-28-26-13-12-24-20-25(37-30(35)34-21-36-31(4,5)6)16-18-32(24,7)29(26)17-19-33(27,28)8/h12,22-23,25-29H,9-11,13-21H2,1-8H3,(H,34,35)/t23-,25+,26+,27-,28+,29+,32+,33-/m1/s1. The molecule has 0 aromatic rings. The zero-order valence-electron chi connectivity index (χ0n) is 25.3. The van der Waals surface area contributed by atoms with E-state index in [1.165, 1.54) is 51.4 Å². The molecule has 1 N–H and O–H groups in total. The van der Waals surface area contributed by atoms with Crippen LogP contribution in [0.5, 0.6) is 0 Å². The Morgan fingerprint density at radius 3 is 2.51 bits per heavy atom. The molecule has 0 bridgehead atoms. The van der Waals surface area contributed by atoms with Crippen LogP contribution in [0.3, 0.4) is 0 Å². The highest BCUT2D eigenvalue weighted by Gasteiger charge is 2.59. The molecule has 0 heterocycles. The van der Waals surface area contributed by atoms with Gasteiger partial charge in [0.25, 0.3) is 0 Å². The normalized spacial score (nSPS) is 38.3. The second-order valence-electron chi connectivity index (χ2n) is 15.1. The summed E-state index contributed by atoms with van der Waals surface area (Å²) in [4.78, 5) is 12.4. The van der Waals surface area contributed by atoms with E-state index in [9.17, 15) is 4.79 Å². The van der Waals surface area contributed by atoms with Gasteiger partial charge in [-0.25, -0.2) is 4.79 Å². The summed E-state index contributed by atoms with van der Waals surface area (Å²) >= 11 is 0. The Balaban J connectivity index is 1.36. The number of hydrogen-bond acceptors (Lipinski definition) is 3. The first-order valence-corrected chi connectivity index (χ1v) is 15.6. The lowest BCUT2D eigenvalue weighted by Gasteiger charge is -2.58. The van der Waals surface area contributed by atoms with Gasteiger partial charge in [0.2, 0.25) is 0 Å². The maximum Gasteiger partial charge on any atom is 0.409 e. The minimum Gasteiger partial charge on any atom is -0.446 e. The van der Waals surface area contributed by atoms with Gasteiger partial charge < -0.3 is 9.47 Å². The molecule has 212 valence electrons. The zero-order chi connectivity index (χ0) is 27.0. The molecule has 0 aromatic carbocycles. The quantitative estimate of drug-likeness (QED) is 0.259. The highest BCUT2D eigenvalue weighted by Crippen LogP contribution is 2.67. The summed E-state index contributed by atoms with van der Waals surface area (Å²) in [5.74, 6) is 5.14. The molecule has 4 aliphatic rings. The molecule has 1 amide bonds. The Kier molecular flexibility index (Phi) is 8.78. The van der Waals surface area contributed by atoms with Gasteiger partial charge in [-0.2, -0.15) is 0 Å². The minimum atomic E-state index is -0.347. The molecule has 4 heteroatoms. The molecule has 0 saturated heterocycles. The van der Waals surface area contributed by atoms with Crippen molar-refractivity contribution in [2.45, 2.75) is 138 Å². The first-order valence-electron chi connectivity index (χ1n) is 15.6. The fourth-order valence-corrected chi connectivity index (χ4v) is 9.26. The molecule has 0 aromatic heterocycles. The first kappa shape index (κ1) is 29.0. The Morgan fingerprint density at radius 2 is 1.81 bits per heavy atom. The molecule has 3 saturated carbocycles. The van der Waals surface area contributed by atoms with E-state index < -0.39 is 0 Å². The molecule has 3 fully saturated rings. The highest BCUT2D eigenvalue weighted by atomic mass is 16.6. The second-order valence-corrected chi connectivity index (χ2v) is 15.1. The predicted molar refractivity (Wildman–Crippen MR) is 152 cm³/mol. The molecule has 37 heavy (non-hydrogen) atoms. The van der Waals surface area contributed by atoms with Crippen molar-refractivity contribution >= 4 is 6.09 Å². The van der Waals surface area contributed by atoms with E-state index in [1.807, 2.05) is 20.8 Å². The van der Waals surface area contributed by atoms with Gasteiger partial charge in [0, 0.05) is 6.42 Å². The summed E-state index contributed by atoms with van der Waals surface area (Å²) in [6.45, 7) is 18.7. The SMILES string of the molecule is CC(C)CCC[C@@H](C)[C@H]1CC[C@H]2[C@@H]3CC=C4C[C@@H](OC(=O)NCOC(C)(C)C)CC[C@]4(C)[C@H]3CC[C@]12C. The topological polar surface area (TPSA) is 47.6 Å². The van der Waals surface area contributed by atoms with Crippen LogP contribution in [-0.2, 0) is 9.47 Å². The van der Waals surface area contributed by atoms with E-state index in [2.05, 4.69) is 46.0 Å². The molecule has 0 radical (unpaired) electrons. The van der Waals surface area contributed by atoms with Crippen molar-refractivity contribution in [1.29, 1.82) is 0 Å². The average Bonchev–Trinajstić information content (AvgIpc) is 3.15. The van der Waals surface area contributed by atoms with Crippen LogP contribution in [0.25, 0.3) is 0 Å². The third-order valence-electron chi connectivity index (χ3n) is 11.3. The summed E-state index contributed by atoms with van der Waals surface area (Å²) in [7, 11) is 0. The Morgan fingerprint density at radius 1 is 1.05 bits per heavy atom. The summed E-state index contributed by atoms with van der Waals surface area (Å²) in [5, 5.41) is 2.77. The summed E-state index contributed by atoms with van der Waals surface area (Å²) in [5.41, 5.74) is 2.12. The van der Waals surface area contributed by atoms with E-state index in [1.54, 1.807) is 5.57 Å². The number of alkyl carbamates (subject to hydrolysis) is 1. The van der Waals surface area contributed by atoms with Gasteiger partial charge in [0.15, 0.2) is 0 Å². The van der Waals surface area contributed by atoms with Crippen LogP contribution in [0, 0.1) is 46.3 Å². The number of fused-ring (bicyclic) bond motifs is 5. The van der Waals surface area contributed by atoms with Gasteiger partial charge in [0.1, 0.15) is 12.8 Å². The monoisotopic (exact) mass is 515 g/mol. The number of hydrogen-bond donors (Lipinski definition) is 1. The fraction of sp³-hybridized carbons (Fsp3) is 0.909. The van der Waals surface area contributed by atoms with Crippen molar-refractivity contribution in [1.82, 2.24) is 5.32 Å². The number of amides is 1. The molecule has 4 rings (SSSR count). The van der Waals surface area contributed by atoms with Gasteiger partial charge in [-0.1, -0.05) is 65.5 Å². The maximum atomic E-state index is 12.4. The van der Waals surface area contributed by atoms with Gasteiger partial charge in [-0.3, -0.25) is 5.32 Å². The van der Waals surface area contributed by atoms with Crippen LogP contribution in [0.2, 0.25) is 0 Å². The molecule has 0 spiro atoms. The molecule has 4 aliphatic carbocycles. The summed E-state index contributed by atoms with van der Waals surface area (Å²) < 4.78 is 11.5. The smallest absolute Gasteiger partial charge is 0.409 e. The Labute approximate surface area is 228 Å². The van der Waals surface area contributed by atoms with Crippen molar-refractivity contribution in [3.05, 3.63) is 11.6 Å². The number of allylic oxidation sites excluding steroid dienone is 1. The molecule has 0 unspecified atom stereocenters. The third kappa shape index (κ3) is 6.25. The van der Waals surface area contributed by atoms with Gasteiger partial charge in [-0.05, 0) is 112 Å². The second kappa shape index (κ2) is 11.2. The van der Waals surface area contributed by atoms with E-state index in [0.29, 0.717) is 5.41 Å². The van der Waals surface area contributed by atoms with Crippen LogP contribution in [-0.4, -0.2) is 24.5 Å². The molecule has 8 atom stereocenters. The largest absolute Gasteiger partial charge is 0.446 e. The number of carbonyl (C=O) groups is 1. The van der Waals surface area contributed by atoms with E-state index in [0.717, 1.165) is 54.8 Å². The van der Waals surface area contributed by atoms with E-state index in [-0.39, 0.29) is 29.9 Å². The van der Waals surface area contributed by atoms with Gasteiger partial charge >= 0.3 is 6.09 Å². The van der Waals surface area contributed by atoms with Crippen molar-refractivity contribution in [3.8, 4) is 0 Å². The lowest BCUT2D eigenvalue weighted by Crippen LogP contribution is -2.51. The van der Waals surface area contributed by atoms with Crippen molar-refractivity contribution in [2.75, 3.05) is 6.73 Å². The van der Waals surface area contributed by atoms with Gasteiger partial charge in [0.05, 0.1) is 5.60 Å². The number of nitrogens with one attached hydrogen (secondary N) is 1. The van der Waals surface area contributed by atoms with Crippen LogP contribution < -0.4 is 5.32 Å². The Hall–Kier alpha value is -1.03. The van der Waals surface area contributed by atoms with Crippen molar-refractivity contribution < 1.29 is 14.3 Å². The van der Waals surface area contributed by atoms with Gasteiger partial charge in [-0.15, -0.1) is 0 Å². The third-order valence-corrected chi connectivity index (χ3v) is 11.3. The van der Waals surface area contributed by atoms with E-state index in [4.69, 9.17) is 9.47 Å². The molecular weight excluding hydrogens is 458 g/mol. The lowest BCUT2D eigenvalue weighted by molar-refractivity contribution is -0.0590.